The second-order valence-corrected chi connectivity index (χ2v) is 4.77. The lowest BCUT2D eigenvalue weighted by Gasteiger charge is -2.32. The number of amides is 1. The summed E-state index contributed by atoms with van der Waals surface area (Å²) in [5.41, 5.74) is -0.753. The Bertz CT molecular complexity index is 224. The van der Waals surface area contributed by atoms with Gasteiger partial charge >= 0.3 is 0 Å². The molecule has 1 saturated carbocycles. The number of hydrogen-bond donors (Lipinski definition) is 1. The molecule has 1 aliphatic rings. The highest BCUT2D eigenvalue weighted by Crippen LogP contribution is 2.31. The predicted molar refractivity (Wildman–Crippen MR) is 62.2 cm³/mol. The molecule has 1 rings (SSSR count). The van der Waals surface area contributed by atoms with Gasteiger partial charge in [-0.25, -0.2) is 0 Å². The Morgan fingerprint density at radius 3 is 2.56 bits per heavy atom. The van der Waals surface area contributed by atoms with E-state index in [0.717, 1.165) is 25.7 Å². The third-order valence-corrected chi connectivity index (χ3v) is 3.32. The minimum Gasteiger partial charge on any atom is -0.389 e. The summed E-state index contributed by atoms with van der Waals surface area (Å²) in [6, 6.07) is 0. The van der Waals surface area contributed by atoms with Gasteiger partial charge in [0.1, 0.15) is 0 Å². The van der Waals surface area contributed by atoms with Gasteiger partial charge in [0.25, 0.3) is 0 Å². The van der Waals surface area contributed by atoms with Gasteiger partial charge < -0.3 is 14.7 Å². The van der Waals surface area contributed by atoms with Crippen molar-refractivity contribution in [2.24, 2.45) is 0 Å². The quantitative estimate of drug-likeness (QED) is 0.770. The van der Waals surface area contributed by atoms with E-state index in [-0.39, 0.29) is 12.3 Å². The fraction of sp³-hybridized carbons (Fsp3) is 0.917. The van der Waals surface area contributed by atoms with E-state index in [9.17, 15) is 9.90 Å². The van der Waals surface area contributed by atoms with Crippen LogP contribution >= 0.6 is 0 Å². The van der Waals surface area contributed by atoms with Crippen molar-refractivity contribution in [3.05, 3.63) is 0 Å². The van der Waals surface area contributed by atoms with Crippen molar-refractivity contribution in [2.75, 3.05) is 27.3 Å². The van der Waals surface area contributed by atoms with Crippen LogP contribution in [0.5, 0.6) is 0 Å². The SMILES string of the molecule is COCCN(C)C(=O)CC1(O)CCCCC1. The number of rotatable bonds is 5. The largest absolute Gasteiger partial charge is 0.389 e. The molecule has 0 aromatic heterocycles. The van der Waals surface area contributed by atoms with Gasteiger partial charge in [-0.05, 0) is 12.8 Å². The van der Waals surface area contributed by atoms with Crippen molar-refractivity contribution in [2.45, 2.75) is 44.1 Å². The maximum atomic E-state index is 11.8. The third kappa shape index (κ3) is 4.10. The van der Waals surface area contributed by atoms with Crippen molar-refractivity contribution < 1.29 is 14.6 Å². The van der Waals surface area contributed by atoms with Crippen molar-refractivity contribution in [3.63, 3.8) is 0 Å². The molecular weight excluding hydrogens is 206 g/mol. The summed E-state index contributed by atoms with van der Waals surface area (Å²) in [6.07, 6.45) is 5.02. The molecule has 1 aliphatic carbocycles. The summed E-state index contributed by atoms with van der Waals surface area (Å²) in [6.45, 7) is 1.13. The van der Waals surface area contributed by atoms with Gasteiger partial charge in [-0.15, -0.1) is 0 Å². The molecule has 0 aromatic rings. The first-order valence-electron chi connectivity index (χ1n) is 6.03. The summed E-state index contributed by atoms with van der Waals surface area (Å²) in [5.74, 6) is 0.0152. The summed E-state index contributed by atoms with van der Waals surface area (Å²) in [5, 5.41) is 10.2. The molecule has 0 radical (unpaired) electrons. The second-order valence-electron chi connectivity index (χ2n) is 4.77. The van der Waals surface area contributed by atoms with Crippen molar-refractivity contribution in [1.29, 1.82) is 0 Å². The first-order valence-corrected chi connectivity index (χ1v) is 6.03. The molecule has 0 heterocycles. The van der Waals surface area contributed by atoms with E-state index < -0.39 is 5.60 Å². The smallest absolute Gasteiger partial charge is 0.225 e. The molecule has 4 heteroatoms. The van der Waals surface area contributed by atoms with E-state index >= 15 is 0 Å². The zero-order chi connectivity index (χ0) is 12.0. The van der Waals surface area contributed by atoms with Crippen LogP contribution in [0.4, 0.5) is 0 Å². The lowest BCUT2D eigenvalue weighted by atomic mass is 9.82. The maximum Gasteiger partial charge on any atom is 0.225 e. The van der Waals surface area contributed by atoms with Crippen molar-refractivity contribution in [3.8, 4) is 0 Å². The van der Waals surface area contributed by atoms with Gasteiger partial charge in [0.2, 0.25) is 5.91 Å². The van der Waals surface area contributed by atoms with Gasteiger partial charge in [-0.2, -0.15) is 0 Å². The standard InChI is InChI=1S/C12H23NO3/c1-13(8-9-16-2)11(14)10-12(15)6-4-3-5-7-12/h15H,3-10H2,1-2H3. The summed E-state index contributed by atoms with van der Waals surface area (Å²) in [4.78, 5) is 13.5. The average Bonchev–Trinajstić information content (AvgIpc) is 2.26. The number of ether oxygens (including phenoxy) is 1. The van der Waals surface area contributed by atoms with E-state index in [2.05, 4.69) is 0 Å². The zero-order valence-electron chi connectivity index (χ0n) is 10.4. The summed E-state index contributed by atoms with van der Waals surface area (Å²) < 4.78 is 4.92. The lowest BCUT2D eigenvalue weighted by molar-refractivity contribution is -0.137. The van der Waals surface area contributed by atoms with Crippen LogP contribution in [0.2, 0.25) is 0 Å². The Labute approximate surface area is 97.6 Å². The molecule has 4 nitrogen and oxygen atoms in total. The van der Waals surface area contributed by atoms with Gasteiger partial charge in [0.05, 0.1) is 18.6 Å². The molecule has 94 valence electrons. The Balaban J connectivity index is 2.36. The lowest BCUT2D eigenvalue weighted by Crippen LogP contribution is -2.40. The normalized spacial score (nSPS) is 19.4. The number of carbonyl (C=O) groups excluding carboxylic acids is 1. The van der Waals surface area contributed by atoms with Crippen LogP contribution in [-0.2, 0) is 9.53 Å². The fourth-order valence-corrected chi connectivity index (χ4v) is 2.16. The molecule has 0 atom stereocenters. The maximum absolute atomic E-state index is 11.8. The van der Waals surface area contributed by atoms with E-state index in [1.807, 2.05) is 0 Å². The monoisotopic (exact) mass is 229 g/mol. The minimum absolute atomic E-state index is 0.0152. The Kier molecular flexibility index (Phi) is 5.22. The number of methoxy groups -OCH3 is 1. The molecule has 16 heavy (non-hydrogen) atoms. The minimum atomic E-state index is -0.753. The first kappa shape index (κ1) is 13.5. The van der Waals surface area contributed by atoms with Crippen LogP contribution in [0.25, 0.3) is 0 Å². The zero-order valence-corrected chi connectivity index (χ0v) is 10.4. The Morgan fingerprint density at radius 1 is 1.38 bits per heavy atom. The van der Waals surface area contributed by atoms with E-state index in [4.69, 9.17) is 4.74 Å². The Hall–Kier alpha value is -0.610. The highest BCUT2D eigenvalue weighted by Gasteiger charge is 2.32. The molecule has 0 aromatic carbocycles. The molecule has 1 amide bonds. The molecule has 0 saturated heterocycles. The van der Waals surface area contributed by atoms with Gasteiger partial charge in [-0.3, -0.25) is 4.79 Å². The molecule has 0 bridgehead atoms. The van der Waals surface area contributed by atoms with Crippen LogP contribution in [0, 0.1) is 0 Å². The average molecular weight is 229 g/mol. The molecule has 1 N–H and O–H groups in total. The number of aliphatic hydroxyl groups is 1. The first-order chi connectivity index (χ1) is 7.57. The molecular formula is C12H23NO3. The Morgan fingerprint density at radius 2 is 2.00 bits per heavy atom. The second kappa shape index (κ2) is 6.21. The molecule has 1 fully saturated rings. The van der Waals surface area contributed by atoms with Gasteiger partial charge in [-0.1, -0.05) is 19.3 Å². The van der Waals surface area contributed by atoms with Crippen molar-refractivity contribution in [1.82, 2.24) is 4.90 Å². The fourth-order valence-electron chi connectivity index (χ4n) is 2.16. The number of hydrogen-bond acceptors (Lipinski definition) is 3. The van der Waals surface area contributed by atoms with E-state index in [1.165, 1.54) is 6.42 Å². The highest BCUT2D eigenvalue weighted by molar-refractivity contribution is 5.77. The number of carbonyl (C=O) groups is 1. The van der Waals surface area contributed by atoms with E-state index in [1.54, 1.807) is 19.1 Å². The van der Waals surface area contributed by atoms with Crippen LogP contribution in [-0.4, -0.2) is 48.8 Å². The summed E-state index contributed by atoms with van der Waals surface area (Å²) in [7, 11) is 3.38. The summed E-state index contributed by atoms with van der Waals surface area (Å²) >= 11 is 0. The molecule has 0 aliphatic heterocycles. The molecule has 0 spiro atoms. The van der Waals surface area contributed by atoms with Crippen LogP contribution < -0.4 is 0 Å². The van der Waals surface area contributed by atoms with Crippen LogP contribution in [0.1, 0.15) is 38.5 Å². The van der Waals surface area contributed by atoms with Crippen LogP contribution in [0.3, 0.4) is 0 Å². The topological polar surface area (TPSA) is 49.8 Å². The molecule has 0 unspecified atom stereocenters. The highest BCUT2D eigenvalue weighted by atomic mass is 16.5. The number of nitrogens with zero attached hydrogens (tertiary/aromatic N) is 1. The number of likely N-dealkylation sites (N-methyl/N-ethyl adjacent to an activating group) is 1. The van der Waals surface area contributed by atoms with Crippen LogP contribution in [0.15, 0.2) is 0 Å². The third-order valence-electron chi connectivity index (χ3n) is 3.32. The van der Waals surface area contributed by atoms with Gasteiger partial charge in [0, 0.05) is 20.7 Å². The van der Waals surface area contributed by atoms with Crippen molar-refractivity contribution >= 4 is 5.91 Å². The predicted octanol–water partition coefficient (Wildman–Crippen LogP) is 1.18. The van der Waals surface area contributed by atoms with Gasteiger partial charge in [0.15, 0.2) is 0 Å². The van der Waals surface area contributed by atoms with E-state index in [0.29, 0.717) is 13.2 Å².